The van der Waals surface area contributed by atoms with E-state index >= 15 is 0 Å². The van der Waals surface area contributed by atoms with E-state index in [4.69, 9.17) is 10.5 Å². The molecule has 0 unspecified atom stereocenters. The van der Waals surface area contributed by atoms with Crippen molar-refractivity contribution < 1.29 is 23.9 Å². The second kappa shape index (κ2) is 15.1. The number of primary amides is 1. The largest absolute Gasteiger partial charge is 0.497 e. The summed E-state index contributed by atoms with van der Waals surface area (Å²) in [6.45, 7) is 7.23. The number of carbonyl (C=O) groups is 4. The quantitative estimate of drug-likeness (QED) is 0.250. The van der Waals surface area contributed by atoms with Crippen molar-refractivity contribution in [2.45, 2.75) is 84.7 Å². The Hall–Kier alpha value is -2.90. The molecule has 0 radical (unpaired) electrons. The highest BCUT2D eigenvalue weighted by Crippen LogP contribution is 2.14. The van der Waals surface area contributed by atoms with Crippen molar-refractivity contribution in [2.75, 3.05) is 7.11 Å². The van der Waals surface area contributed by atoms with Crippen molar-refractivity contribution in [3.05, 3.63) is 29.8 Å². The van der Waals surface area contributed by atoms with Crippen molar-refractivity contribution in [1.29, 1.82) is 0 Å². The number of rotatable bonds is 16. The van der Waals surface area contributed by atoms with Gasteiger partial charge in [-0.25, -0.2) is 0 Å². The Bertz CT molecular complexity index is 807. The second-order valence-electron chi connectivity index (χ2n) is 9.10. The first-order valence-corrected chi connectivity index (χ1v) is 12.2. The molecule has 0 saturated carbocycles. The van der Waals surface area contributed by atoms with Crippen molar-refractivity contribution >= 4 is 23.5 Å². The summed E-state index contributed by atoms with van der Waals surface area (Å²) in [5, 5.41) is 5.36. The van der Waals surface area contributed by atoms with Gasteiger partial charge in [0.15, 0.2) is 0 Å². The van der Waals surface area contributed by atoms with Gasteiger partial charge in [0.25, 0.3) is 0 Å². The minimum Gasteiger partial charge on any atom is -0.497 e. The number of amides is 3. The molecule has 1 aromatic rings. The first kappa shape index (κ1) is 29.1. The van der Waals surface area contributed by atoms with Gasteiger partial charge in [-0.3, -0.25) is 19.2 Å². The first-order chi connectivity index (χ1) is 16.1. The number of Topliss-reactive ketones (excluding diaryl/α,β-unsaturated/α-hetero) is 1. The maximum Gasteiger partial charge on any atom is 0.243 e. The summed E-state index contributed by atoms with van der Waals surface area (Å²) in [5.74, 6) is -2.24. The van der Waals surface area contributed by atoms with Crippen LogP contribution in [-0.4, -0.2) is 42.7 Å². The van der Waals surface area contributed by atoms with E-state index in [-0.39, 0.29) is 18.1 Å². The Labute approximate surface area is 203 Å². The van der Waals surface area contributed by atoms with Gasteiger partial charge >= 0.3 is 0 Å². The maximum atomic E-state index is 13.0. The minimum atomic E-state index is -0.971. The van der Waals surface area contributed by atoms with Crippen LogP contribution in [0.4, 0.5) is 0 Å². The number of unbranched alkanes of at least 4 members (excludes halogenated alkanes) is 4. The molecule has 1 aromatic carbocycles. The van der Waals surface area contributed by atoms with Gasteiger partial charge in [-0.2, -0.15) is 0 Å². The van der Waals surface area contributed by atoms with Crippen LogP contribution in [-0.2, 0) is 25.6 Å². The van der Waals surface area contributed by atoms with E-state index in [9.17, 15) is 19.2 Å². The molecular weight excluding hydrogens is 434 g/mol. The number of ether oxygens (including phenoxy) is 1. The Kier molecular flexibility index (Phi) is 12.9. The normalized spacial score (nSPS) is 13.6. The van der Waals surface area contributed by atoms with Crippen LogP contribution in [0.3, 0.4) is 0 Å². The number of ketones is 1. The Morgan fingerprint density at radius 2 is 1.53 bits per heavy atom. The zero-order valence-electron chi connectivity index (χ0n) is 21.2. The van der Waals surface area contributed by atoms with E-state index in [0.717, 1.165) is 37.7 Å². The average Bonchev–Trinajstić information content (AvgIpc) is 2.81. The van der Waals surface area contributed by atoms with Crippen LogP contribution in [0.1, 0.15) is 71.8 Å². The standard InChI is InChI=1S/C26H41N3O5/c1-6-7-8-9-10-11-22(30)18(4)25(32)28-21(16-19-12-14-20(34-5)15-13-19)26(33)29-23(17(2)3)24(27)31/h12-15,17-18,21,23H,6-11,16H2,1-5H3,(H2,27,31)(H,28,32)(H,29,33)/t18-,21+,23-/m0/s1. The fraction of sp³-hybridized carbons (Fsp3) is 0.615. The molecular formula is C26H41N3O5. The second-order valence-corrected chi connectivity index (χ2v) is 9.10. The molecule has 0 bridgehead atoms. The number of hydrogen-bond donors (Lipinski definition) is 3. The van der Waals surface area contributed by atoms with Gasteiger partial charge in [0.05, 0.1) is 13.0 Å². The Morgan fingerprint density at radius 1 is 0.912 bits per heavy atom. The zero-order valence-corrected chi connectivity index (χ0v) is 21.2. The Morgan fingerprint density at radius 3 is 2.06 bits per heavy atom. The molecule has 3 amide bonds. The third-order valence-corrected chi connectivity index (χ3v) is 5.91. The molecule has 0 spiro atoms. The topological polar surface area (TPSA) is 128 Å². The summed E-state index contributed by atoms with van der Waals surface area (Å²) in [5.41, 5.74) is 6.23. The Balaban J connectivity index is 2.91. The SMILES string of the molecule is CCCCCCCC(=O)[C@H](C)C(=O)N[C@H](Cc1ccc(OC)cc1)C(=O)N[C@H](C(N)=O)C(C)C. The molecule has 190 valence electrons. The average molecular weight is 476 g/mol. The lowest BCUT2D eigenvalue weighted by Crippen LogP contribution is -2.56. The van der Waals surface area contributed by atoms with Gasteiger partial charge in [-0.1, -0.05) is 58.6 Å². The fourth-order valence-electron chi connectivity index (χ4n) is 3.59. The lowest BCUT2D eigenvalue weighted by atomic mass is 9.97. The van der Waals surface area contributed by atoms with Crippen LogP contribution >= 0.6 is 0 Å². The van der Waals surface area contributed by atoms with Gasteiger partial charge in [0.2, 0.25) is 17.7 Å². The number of benzene rings is 1. The molecule has 0 aliphatic rings. The fourth-order valence-corrected chi connectivity index (χ4v) is 3.59. The number of methoxy groups -OCH3 is 1. The van der Waals surface area contributed by atoms with E-state index in [0.29, 0.717) is 12.2 Å². The monoisotopic (exact) mass is 475 g/mol. The molecule has 8 nitrogen and oxygen atoms in total. The van der Waals surface area contributed by atoms with Crippen molar-refractivity contribution in [3.63, 3.8) is 0 Å². The van der Waals surface area contributed by atoms with Gasteiger partial charge < -0.3 is 21.1 Å². The van der Waals surface area contributed by atoms with Crippen molar-refractivity contribution in [2.24, 2.45) is 17.6 Å². The van der Waals surface area contributed by atoms with Crippen LogP contribution in [0.5, 0.6) is 5.75 Å². The molecule has 4 N–H and O–H groups in total. The first-order valence-electron chi connectivity index (χ1n) is 12.2. The summed E-state index contributed by atoms with van der Waals surface area (Å²) in [7, 11) is 1.56. The van der Waals surface area contributed by atoms with Crippen molar-refractivity contribution in [1.82, 2.24) is 10.6 Å². The third kappa shape index (κ3) is 9.93. The van der Waals surface area contributed by atoms with Gasteiger partial charge in [-0.05, 0) is 37.0 Å². The number of nitrogens with one attached hydrogen (secondary N) is 2. The number of hydrogen-bond acceptors (Lipinski definition) is 5. The molecule has 8 heteroatoms. The smallest absolute Gasteiger partial charge is 0.243 e. The van der Waals surface area contributed by atoms with Crippen LogP contribution in [0.2, 0.25) is 0 Å². The minimum absolute atomic E-state index is 0.144. The van der Waals surface area contributed by atoms with Gasteiger partial charge in [-0.15, -0.1) is 0 Å². The number of nitrogens with two attached hydrogens (primary N) is 1. The molecule has 1 rings (SSSR count). The lowest BCUT2D eigenvalue weighted by molar-refractivity contribution is -0.136. The third-order valence-electron chi connectivity index (χ3n) is 5.91. The summed E-state index contributed by atoms with van der Waals surface area (Å²) in [6, 6.07) is 5.27. The molecule has 0 aromatic heterocycles. The lowest BCUT2D eigenvalue weighted by Gasteiger charge is -2.25. The number of carbonyl (C=O) groups excluding carboxylic acids is 4. The highest BCUT2D eigenvalue weighted by atomic mass is 16.5. The predicted octanol–water partition coefficient (Wildman–Crippen LogP) is 2.91. The van der Waals surface area contributed by atoms with Crippen LogP contribution in [0, 0.1) is 11.8 Å². The molecule has 0 aliphatic carbocycles. The van der Waals surface area contributed by atoms with Gasteiger partial charge in [0.1, 0.15) is 23.6 Å². The molecule has 0 fully saturated rings. The predicted molar refractivity (Wildman–Crippen MR) is 132 cm³/mol. The molecule has 34 heavy (non-hydrogen) atoms. The van der Waals surface area contributed by atoms with Crippen LogP contribution in [0.25, 0.3) is 0 Å². The molecule has 0 heterocycles. The van der Waals surface area contributed by atoms with Crippen LogP contribution in [0.15, 0.2) is 24.3 Å². The van der Waals surface area contributed by atoms with E-state index < -0.39 is 35.7 Å². The highest BCUT2D eigenvalue weighted by Gasteiger charge is 2.30. The molecule has 3 atom stereocenters. The molecule has 0 aliphatic heterocycles. The van der Waals surface area contributed by atoms with E-state index in [1.54, 1.807) is 52.1 Å². The highest BCUT2D eigenvalue weighted by molar-refractivity contribution is 6.02. The summed E-state index contributed by atoms with van der Waals surface area (Å²) in [6.07, 6.45) is 5.56. The van der Waals surface area contributed by atoms with Crippen molar-refractivity contribution in [3.8, 4) is 5.75 Å². The maximum absolute atomic E-state index is 13.0. The zero-order chi connectivity index (χ0) is 25.7. The van der Waals surface area contributed by atoms with E-state index in [1.807, 2.05) is 0 Å². The van der Waals surface area contributed by atoms with E-state index in [2.05, 4.69) is 17.6 Å². The summed E-state index contributed by atoms with van der Waals surface area (Å²) < 4.78 is 5.17. The van der Waals surface area contributed by atoms with Gasteiger partial charge in [0, 0.05) is 12.8 Å². The van der Waals surface area contributed by atoms with E-state index in [1.165, 1.54) is 0 Å². The summed E-state index contributed by atoms with van der Waals surface area (Å²) in [4.78, 5) is 50.2. The molecule has 0 saturated heterocycles. The summed E-state index contributed by atoms with van der Waals surface area (Å²) >= 11 is 0. The van der Waals surface area contributed by atoms with Crippen LogP contribution < -0.4 is 21.1 Å².